The third kappa shape index (κ3) is 3.72. The molecular formula is C14H12Br2ClNO. The Balaban J connectivity index is 2.28. The molecule has 2 aromatic carbocycles. The summed E-state index contributed by atoms with van der Waals surface area (Å²) in [5, 5.41) is 0.553. The van der Waals surface area contributed by atoms with E-state index in [0.717, 1.165) is 14.5 Å². The van der Waals surface area contributed by atoms with Crippen LogP contribution >= 0.6 is 43.5 Å². The third-order valence-electron chi connectivity index (χ3n) is 2.60. The van der Waals surface area contributed by atoms with E-state index in [-0.39, 0.29) is 6.04 Å². The minimum atomic E-state index is -0.0124. The van der Waals surface area contributed by atoms with Crippen LogP contribution in [0.5, 0.6) is 11.5 Å². The van der Waals surface area contributed by atoms with Crippen molar-refractivity contribution in [3.8, 4) is 11.5 Å². The van der Waals surface area contributed by atoms with E-state index < -0.39 is 0 Å². The van der Waals surface area contributed by atoms with Gasteiger partial charge in [-0.15, -0.1) is 0 Å². The van der Waals surface area contributed by atoms with Crippen LogP contribution in [0.3, 0.4) is 0 Å². The zero-order valence-electron chi connectivity index (χ0n) is 10.2. The number of rotatable bonds is 3. The number of halogens is 3. The van der Waals surface area contributed by atoms with Crippen LogP contribution in [0, 0.1) is 0 Å². The smallest absolute Gasteiger partial charge is 0.146 e. The predicted octanol–water partition coefficient (Wildman–Crippen LogP) is 5.68. The fourth-order valence-electron chi connectivity index (χ4n) is 1.56. The van der Waals surface area contributed by atoms with Crippen molar-refractivity contribution in [1.29, 1.82) is 0 Å². The molecule has 5 heteroatoms. The predicted molar refractivity (Wildman–Crippen MR) is 86.0 cm³/mol. The number of ether oxygens (including phenoxy) is 1. The van der Waals surface area contributed by atoms with E-state index in [1.165, 1.54) is 0 Å². The van der Waals surface area contributed by atoms with Gasteiger partial charge in [0.25, 0.3) is 0 Å². The standard InChI is InChI=1S/C14H12Br2ClNO/c1-8(18)9-2-4-13(11(16)6-9)19-14-5-3-10(15)7-12(14)17/h2-8H,18H2,1H3/t8-/m1/s1. The molecule has 0 aromatic heterocycles. The molecule has 0 spiro atoms. The zero-order chi connectivity index (χ0) is 14.0. The number of hydrogen-bond acceptors (Lipinski definition) is 2. The van der Waals surface area contributed by atoms with Gasteiger partial charge in [0.2, 0.25) is 0 Å². The van der Waals surface area contributed by atoms with Gasteiger partial charge in [-0.05, 0) is 58.7 Å². The van der Waals surface area contributed by atoms with Crippen LogP contribution in [-0.2, 0) is 0 Å². The van der Waals surface area contributed by atoms with Crippen molar-refractivity contribution in [3.63, 3.8) is 0 Å². The van der Waals surface area contributed by atoms with E-state index in [2.05, 4.69) is 31.9 Å². The summed E-state index contributed by atoms with van der Waals surface area (Å²) in [6, 6.07) is 11.2. The van der Waals surface area contributed by atoms with E-state index >= 15 is 0 Å². The summed E-state index contributed by atoms with van der Waals surface area (Å²) >= 11 is 13.0. The largest absolute Gasteiger partial charge is 0.455 e. The van der Waals surface area contributed by atoms with Gasteiger partial charge in [0.1, 0.15) is 11.5 Å². The lowest BCUT2D eigenvalue weighted by atomic mass is 10.1. The number of nitrogens with two attached hydrogens (primary N) is 1. The summed E-state index contributed by atoms with van der Waals surface area (Å²) in [6.45, 7) is 1.94. The van der Waals surface area contributed by atoms with Gasteiger partial charge >= 0.3 is 0 Å². The van der Waals surface area contributed by atoms with Crippen LogP contribution in [0.2, 0.25) is 5.02 Å². The zero-order valence-corrected chi connectivity index (χ0v) is 14.1. The SMILES string of the molecule is C[C@@H](N)c1ccc(Oc2ccc(Br)cc2Cl)c(Br)c1. The van der Waals surface area contributed by atoms with Gasteiger partial charge in [-0.1, -0.05) is 33.6 Å². The highest BCUT2D eigenvalue weighted by Gasteiger charge is 2.09. The van der Waals surface area contributed by atoms with Crippen molar-refractivity contribution >= 4 is 43.5 Å². The molecule has 2 rings (SSSR count). The lowest BCUT2D eigenvalue weighted by molar-refractivity contribution is 0.479. The topological polar surface area (TPSA) is 35.2 Å². The summed E-state index contributed by atoms with van der Waals surface area (Å²) in [4.78, 5) is 0. The molecule has 2 N–H and O–H groups in total. The fraction of sp³-hybridized carbons (Fsp3) is 0.143. The fourth-order valence-corrected chi connectivity index (χ4v) is 2.75. The number of hydrogen-bond donors (Lipinski definition) is 1. The molecule has 1 atom stereocenters. The molecule has 0 fully saturated rings. The third-order valence-corrected chi connectivity index (χ3v) is 4.00. The molecular weight excluding hydrogens is 393 g/mol. The normalized spacial score (nSPS) is 12.3. The Morgan fingerprint density at radius 1 is 1.11 bits per heavy atom. The quantitative estimate of drug-likeness (QED) is 0.713. The highest BCUT2D eigenvalue weighted by molar-refractivity contribution is 9.10. The molecule has 0 bridgehead atoms. The Kier molecular flexibility index (Phi) is 4.90. The van der Waals surface area contributed by atoms with Gasteiger partial charge in [-0.2, -0.15) is 0 Å². The maximum absolute atomic E-state index is 6.12. The average molecular weight is 406 g/mol. The van der Waals surface area contributed by atoms with E-state index in [9.17, 15) is 0 Å². The van der Waals surface area contributed by atoms with Crippen LogP contribution in [-0.4, -0.2) is 0 Å². The molecule has 0 amide bonds. The van der Waals surface area contributed by atoms with Crippen molar-refractivity contribution < 1.29 is 4.74 Å². The summed E-state index contributed by atoms with van der Waals surface area (Å²) in [6.07, 6.45) is 0. The molecule has 0 saturated carbocycles. The summed E-state index contributed by atoms with van der Waals surface area (Å²) in [5.41, 5.74) is 6.88. The van der Waals surface area contributed by atoms with E-state index in [1.807, 2.05) is 37.3 Å². The van der Waals surface area contributed by atoms with Gasteiger partial charge in [0.05, 0.1) is 9.50 Å². The minimum Gasteiger partial charge on any atom is -0.455 e. The maximum atomic E-state index is 6.12. The highest BCUT2D eigenvalue weighted by Crippen LogP contribution is 2.35. The molecule has 0 heterocycles. The van der Waals surface area contributed by atoms with Crippen LogP contribution in [0.1, 0.15) is 18.5 Å². The molecule has 19 heavy (non-hydrogen) atoms. The molecule has 0 unspecified atom stereocenters. The van der Waals surface area contributed by atoms with Crippen molar-refractivity contribution in [2.45, 2.75) is 13.0 Å². The van der Waals surface area contributed by atoms with Gasteiger partial charge in [0, 0.05) is 10.5 Å². The van der Waals surface area contributed by atoms with E-state index in [1.54, 1.807) is 6.07 Å². The maximum Gasteiger partial charge on any atom is 0.146 e. The minimum absolute atomic E-state index is 0.0124. The second-order valence-electron chi connectivity index (χ2n) is 4.16. The van der Waals surface area contributed by atoms with Crippen molar-refractivity contribution in [3.05, 3.63) is 55.9 Å². The molecule has 100 valence electrons. The molecule has 0 aliphatic carbocycles. The summed E-state index contributed by atoms with van der Waals surface area (Å²) in [7, 11) is 0. The molecule has 0 saturated heterocycles. The van der Waals surface area contributed by atoms with Crippen LogP contribution in [0.15, 0.2) is 45.3 Å². The molecule has 0 radical (unpaired) electrons. The van der Waals surface area contributed by atoms with Crippen LogP contribution < -0.4 is 10.5 Å². The van der Waals surface area contributed by atoms with Crippen LogP contribution in [0.25, 0.3) is 0 Å². The van der Waals surface area contributed by atoms with Gasteiger partial charge in [-0.3, -0.25) is 0 Å². The van der Waals surface area contributed by atoms with E-state index in [4.69, 9.17) is 22.1 Å². The first-order valence-corrected chi connectivity index (χ1v) is 7.61. The Morgan fingerprint density at radius 2 is 1.79 bits per heavy atom. The van der Waals surface area contributed by atoms with E-state index in [0.29, 0.717) is 16.5 Å². The van der Waals surface area contributed by atoms with Crippen LogP contribution in [0.4, 0.5) is 0 Å². The monoisotopic (exact) mass is 403 g/mol. The lowest BCUT2D eigenvalue weighted by Crippen LogP contribution is -2.04. The Bertz CT molecular complexity index is 602. The molecule has 0 aliphatic heterocycles. The summed E-state index contributed by atoms with van der Waals surface area (Å²) in [5.74, 6) is 1.31. The highest BCUT2D eigenvalue weighted by atomic mass is 79.9. The van der Waals surface area contributed by atoms with Gasteiger partial charge < -0.3 is 10.5 Å². The first kappa shape index (κ1) is 14.9. The number of benzene rings is 2. The van der Waals surface area contributed by atoms with Gasteiger partial charge in [0.15, 0.2) is 0 Å². The summed E-state index contributed by atoms with van der Waals surface area (Å²) < 4.78 is 7.55. The average Bonchev–Trinajstić information content (AvgIpc) is 2.34. The Hall–Kier alpha value is -0.550. The Labute approximate surface area is 134 Å². The molecule has 2 nitrogen and oxygen atoms in total. The first-order valence-electron chi connectivity index (χ1n) is 5.65. The lowest BCUT2D eigenvalue weighted by Gasteiger charge is -2.12. The van der Waals surface area contributed by atoms with Crippen molar-refractivity contribution in [2.75, 3.05) is 0 Å². The second kappa shape index (κ2) is 6.27. The first-order chi connectivity index (χ1) is 8.97. The second-order valence-corrected chi connectivity index (χ2v) is 6.33. The Morgan fingerprint density at radius 3 is 2.37 bits per heavy atom. The van der Waals surface area contributed by atoms with Gasteiger partial charge in [-0.25, -0.2) is 0 Å². The van der Waals surface area contributed by atoms with Crippen molar-refractivity contribution in [2.24, 2.45) is 5.73 Å². The molecule has 0 aliphatic rings. The van der Waals surface area contributed by atoms with Crippen molar-refractivity contribution in [1.82, 2.24) is 0 Å². The molecule has 2 aromatic rings.